The molecule has 2 fully saturated rings. The van der Waals surface area contributed by atoms with Crippen molar-refractivity contribution < 1.29 is 19.1 Å². The molecule has 0 saturated carbocycles. The van der Waals surface area contributed by atoms with Gasteiger partial charge in [-0.3, -0.25) is 9.69 Å². The summed E-state index contributed by atoms with van der Waals surface area (Å²) in [6.45, 7) is 3.79. The number of nitrogens with one attached hydrogen (secondary N) is 2. The molecule has 10 nitrogen and oxygen atoms in total. The summed E-state index contributed by atoms with van der Waals surface area (Å²) in [6.07, 6.45) is 1.28. The molecule has 2 amide bonds. The molecular formula is C19H22N6O4. The van der Waals surface area contributed by atoms with E-state index in [0.29, 0.717) is 37.9 Å². The van der Waals surface area contributed by atoms with E-state index in [4.69, 9.17) is 9.47 Å². The van der Waals surface area contributed by atoms with E-state index in [2.05, 4.69) is 25.7 Å². The van der Waals surface area contributed by atoms with Crippen molar-refractivity contribution in [2.75, 3.05) is 61.5 Å². The molecule has 10 heteroatoms. The van der Waals surface area contributed by atoms with Crippen molar-refractivity contribution in [1.29, 1.82) is 0 Å². The molecule has 0 atom stereocenters. The zero-order valence-electron chi connectivity index (χ0n) is 15.8. The van der Waals surface area contributed by atoms with E-state index < -0.39 is 6.09 Å². The Kier molecular flexibility index (Phi) is 5.71. The minimum Gasteiger partial charge on any atom is -0.448 e. The molecule has 2 aromatic rings. The van der Waals surface area contributed by atoms with E-state index in [1.807, 2.05) is 18.2 Å². The van der Waals surface area contributed by atoms with Crippen LogP contribution < -0.4 is 15.5 Å². The van der Waals surface area contributed by atoms with Crippen LogP contribution in [0.4, 0.5) is 27.7 Å². The van der Waals surface area contributed by atoms with E-state index in [-0.39, 0.29) is 12.5 Å². The number of benzene rings is 1. The fourth-order valence-corrected chi connectivity index (χ4v) is 3.14. The maximum absolute atomic E-state index is 12.1. The van der Waals surface area contributed by atoms with Crippen molar-refractivity contribution in [2.45, 2.75) is 0 Å². The van der Waals surface area contributed by atoms with Crippen molar-refractivity contribution in [3.63, 3.8) is 0 Å². The highest BCUT2D eigenvalue weighted by atomic mass is 16.6. The number of cyclic esters (lactones) is 1. The summed E-state index contributed by atoms with van der Waals surface area (Å²) in [5.74, 6) is 0.368. The summed E-state index contributed by atoms with van der Waals surface area (Å²) in [5.41, 5.74) is 2.45. The zero-order chi connectivity index (χ0) is 20.1. The van der Waals surface area contributed by atoms with Crippen LogP contribution in [0, 0.1) is 0 Å². The Balaban J connectivity index is 1.33. The van der Waals surface area contributed by atoms with Gasteiger partial charge in [-0.2, -0.15) is 5.10 Å². The number of carbonyl (C=O) groups excluding carboxylic acids is 2. The van der Waals surface area contributed by atoms with Crippen LogP contribution in [0.1, 0.15) is 0 Å². The Labute approximate surface area is 167 Å². The fourth-order valence-electron chi connectivity index (χ4n) is 3.14. The van der Waals surface area contributed by atoms with Gasteiger partial charge in [-0.1, -0.05) is 0 Å². The second-order valence-corrected chi connectivity index (χ2v) is 6.68. The van der Waals surface area contributed by atoms with Gasteiger partial charge in [0, 0.05) is 30.5 Å². The van der Waals surface area contributed by atoms with Gasteiger partial charge >= 0.3 is 6.09 Å². The lowest BCUT2D eigenvalue weighted by atomic mass is 10.2. The van der Waals surface area contributed by atoms with Crippen molar-refractivity contribution in [1.82, 2.24) is 15.1 Å². The predicted octanol–water partition coefficient (Wildman–Crippen LogP) is 1.45. The van der Waals surface area contributed by atoms with Crippen LogP contribution in [-0.4, -0.2) is 73.1 Å². The summed E-state index contributed by atoms with van der Waals surface area (Å²) >= 11 is 0. The van der Waals surface area contributed by atoms with Crippen LogP contribution in [0.5, 0.6) is 0 Å². The number of hydrogen-bond donors (Lipinski definition) is 2. The van der Waals surface area contributed by atoms with Gasteiger partial charge in [0.05, 0.1) is 31.6 Å². The number of amides is 2. The molecule has 1 aromatic heterocycles. The van der Waals surface area contributed by atoms with Crippen LogP contribution in [-0.2, 0) is 14.3 Å². The number of carbonyl (C=O) groups is 2. The smallest absolute Gasteiger partial charge is 0.410 e. The number of hydrogen-bond acceptors (Lipinski definition) is 8. The Morgan fingerprint density at radius 2 is 1.83 bits per heavy atom. The summed E-state index contributed by atoms with van der Waals surface area (Å²) in [7, 11) is 0. The third-order valence-electron chi connectivity index (χ3n) is 4.64. The number of aromatic nitrogens is 2. The summed E-state index contributed by atoms with van der Waals surface area (Å²) in [4.78, 5) is 27.0. The van der Waals surface area contributed by atoms with Crippen LogP contribution in [0.2, 0.25) is 0 Å². The summed E-state index contributed by atoms with van der Waals surface area (Å²) in [6, 6.07) is 9.18. The van der Waals surface area contributed by atoms with Crippen molar-refractivity contribution in [3.8, 4) is 0 Å². The van der Waals surface area contributed by atoms with E-state index in [0.717, 1.165) is 24.5 Å². The minimum absolute atomic E-state index is 0.0250. The number of anilines is 4. The predicted molar refractivity (Wildman–Crippen MR) is 106 cm³/mol. The van der Waals surface area contributed by atoms with E-state index in [1.54, 1.807) is 18.3 Å². The second kappa shape index (κ2) is 8.74. The molecule has 0 spiro atoms. The number of ether oxygens (including phenoxy) is 2. The summed E-state index contributed by atoms with van der Waals surface area (Å²) < 4.78 is 10.2. The van der Waals surface area contributed by atoms with Gasteiger partial charge in [-0.15, -0.1) is 5.10 Å². The van der Waals surface area contributed by atoms with Crippen LogP contribution in [0.25, 0.3) is 0 Å². The van der Waals surface area contributed by atoms with Crippen molar-refractivity contribution in [3.05, 3.63) is 36.5 Å². The number of rotatable bonds is 6. The van der Waals surface area contributed by atoms with Gasteiger partial charge < -0.3 is 25.0 Å². The molecule has 0 bridgehead atoms. The van der Waals surface area contributed by atoms with Gasteiger partial charge in [0.2, 0.25) is 5.91 Å². The molecule has 0 unspecified atom stereocenters. The number of morpholine rings is 1. The number of nitrogens with zero attached hydrogens (tertiary/aromatic N) is 4. The molecule has 0 aliphatic carbocycles. The molecule has 29 heavy (non-hydrogen) atoms. The highest BCUT2D eigenvalue weighted by molar-refractivity contribution is 5.94. The molecule has 2 N–H and O–H groups in total. The molecule has 2 aliphatic rings. The normalized spacial score (nSPS) is 16.5. The van der Waals surface area contributed by atoms with E-state index in [1.165, 1.54) is 4.90 Å². The van der Waals surface area contributed by atoms with Gasteiger partial charge in [-0.25, -0.2) is 4.79 Å². The van der Waals surface area contributed by atoms with Crippen molar-refractivity contribution >= 4 is 34.9 Å². The monoisotopic (exact) mass is 398 g/mol. The van der Waals surface area contributed by atoms with Crippen LogP contribution in [0.15, 0.2) is 36.5 Å². The maximum atomic E-state index is 12.1. The first-order valence-electron chi connectivity index (χ1n) is 9.41. The molecule has 152 valence electrons. The van der Waals surface area contributed by atoms with Gasteiger partial charge in [0.15, 0.2) is 5.82 Å². The lowest BCUT2D eigenvalue weighted by molar-refractivity contribution is -0.116. The highest BCUT2D eigenvalue weighted by Crippen LogP contribution is 2.21. The SMILES string of the molecule is O=C(CN1CCOC1=O)Nc1ccc(Nc2cc(N3CCOCC3)cnn2)cc1. The molecule has 1 aromatic carbocycles. The lowest BCUT2D eigenvalue weighted by Gasteiger charge is -2.28. The van der Waals surface area contributed by atoms with E-state index in [9.17, 15) is 9.59 Å². The van der Waals surface area contributed by atoms with Crippen LogP contribution in [0.3, 0.4) is 0 Å². The minimum atomic E-state index is -0.458. The average molecular weight is 398 g/mol. The molecule has 0 radical (unpaired) electrons. The zero-order valence-corrected chi connectivity index (χ0v) is 15.8. The first kappa shape index (κ1) is 18.9. The molecule has 2 aliphatic heterocycles. The fraction of sp³-hybridized carbons (Fsp3) is 0.368. The van der Waals surface area contributed by atoms with E-state index >= 15 is 0 Å². The second-order valence-electron chi connectivity index (χ2n) is 6.68. The molecule has 2 saturated heterocycles. The maximum Gasteiger partial charge on any atom is 0.410 e. The quantitative estimate of drug-likeness (QED) is 0.753. The topological polar surface area (TPSA) is 109 Å². The highest BCUT2D eigenvalue weighted by Gasteiger charge is 2.24. The Morgan fingerprint density at radius 1 is 1.07 bits per heavy atom. The Hall–Kier alpha value is -3.40. The van der Waals surface area contributed by atoms with Crippen molar-refractivity contribution in [2.24, 2.45) is 0 Å². The lowest BCUT2D eigenvalue weighted by Crippen LogP contribution is -2.36. The Morgan fingerprint density at radius 3 is 2.55 bits per heavy atom. The standard InChI is InChI=1S/C19H22N6O4/c26-18(13-25-7-10-29-19(25)27)22-15-3-1-14(2-4-15)21-17-11-16(12-20-23-17)24-5-8-28-9-6-24/h1-4,11-12H,5-10,13H2,(H,21,23)(H,22,26). The molecule has 4 rings (SSSR count). The summed E-state index contributed by atoms with van der Waals surface area (Å²) in [5, 5.41) is 14.2. The largest absolute Gasteiger partial charge is 0.448 e. The van der Waals surface area contributed by atoms with Crippen LogP contribution >= 0.6 is 0 Å². The first-order valence-corrected chi connectivity index (χ1v) is 9.41. The van der Waals surface area contributed by atoms with Gasteiger partial charge in [0.1, 0.15) is 13.2 Å². The van der Waals surface area contributed by atoms with Gasteiger partial charge in [-0.05, 0) is 24.3 Å². The molecule has 3 heterocycles. The first-order chi connectivity index (χ1) is 14.2. The molecular weight excluding hydrogens is 376 g/mol. The third kappa shape index (κ3) is 4.91. The average Bonchev–Trinajstić information content (AvgIpc) is 3.14. The van der Waals surface area contributed by atoms with Gasteiger partial charge in [0.25, 0.3) is 0 Å². The Bertz CT molecular complexity index is 869. The third-order valence-corrected chi connectivity index (χ3v) is 4.64.